The third kappa shape index (κ3) is 2.71. The van der Waals surface area contributed by atoms with E-state index in [1.807, 2.05) is 0 Å². The van der Waals surface area contributed by atoms with Gasteiger partial charge >= 0.3 is 0 Å². The Labute approximate surface area is 91.3 Å². The van der Waals surface area contributed by atoms with Crippen LogP contribution in [0.2, 0.25) is 0 Å². The molecule has 2 fully saturated rings. The molecule has 5 heteroatoms. The Morgan fingerprint density at radius 2 is 1.87 bits per heavy atom. The van der Waals surface area contributed by atoms with Crippen molar-refractivity contribution in [1.29, 1.82) is 0 Å². The quantitative estimate of drug-likeness (QED) is 0.730. The molecule has 0 amide bonds. The fourth-order valence-corrected chi connectivity index (χ4v) is 4.21. The summed E-state index contributed by atoms with van der Waals surface area (Å²) in [7, 11) is -3.11. The SMILES string of the molecule is O=S(=O)(CC1CCC1)N(CCO)C1CC1. The molecule has 0 aromatic heterocycles. The first-order chi connectivity index (χ1) is 7.13. The number of hydrogen-bond acceptors (Lipinski definition) is 3. The number of aliphatic hydroxyl groups is 1. The monoisotopic (exact) mass is 233 g/mol. The van der Waals surface area contributed by atoms with E-state index < -0.39 is 10.0 Å². The van der Waals surface area contributed by atoms with Crippen molar-refractivity contribution in [2.24, 2.45) is 5.92 Å². The molecule has 0 aliphatic heterocycles. The van der Waals surface area contributed by atoms with E-state index in [1.165, 1.54) is 10.7 Å². The molecular weight excluding hydrogens is 214 g/mol. The van der Waals surface area contributed by atoms with Gasteiger partial charge in [-0.2, -0.15) is 4.31 Å². The van der Waals surface area contributed by atoms with E-state index in [-0.39, 0.29) is 19.2 Å². The molecule has 0 heterocycles. The number of hydrogen-bond donors (Lipinski definition) is 1. The zero-order valence-corrected chi connectivity index (χ0v) is 9.75. The smallest absolute Gasteiger partial charge is 0.214 e. The Morgan fingerprint density at radius 3 is 2.27 bits per heavy atom. The highest BCUT2D eigenvalue weighted by Crippen LogP contribution is 2.33. The molecule has 2 rings (SSSR count). The van der Waals surface area contributed by atoms with Crippen molar-refractivity contribution in [3.63, 3.8) is 0 Å². The lowest BCUT2D eigenvalue weighted by atomic mass is 9.87. The van der Waals surface area contributed by atoms with Crippen LogP contribution in [0.5, 0.6) is 0 Å². The molecule has 0 aromatic carbocycles. The molecule has 2 aliphatic carbocycles. The van der Waals surface area contributed by atoms with Crippen LogP contribution in [0.3, 0.4) is 0 Å². The first-order valence-corrected chi connectivity index (χ1v) is 7.35. The van der Waals surface area contributed by atoms with Crippen LogP contribution in [0.25, 0.3) is 0 Å². The average Bonchev–Trinajstić information content (AvgIpc) is 2.91. The van der Waals surface area contributed by atoms with Gasteiger partial charge in [-0.15, -0.1) is 0 Å². The molecule has 0 unspecified atom stereocenters. The lowest BCUT2D eigenvalue weighted by molar-refractivity contribution is 0.248. The maximum Gasteiger partial charge on any atom is 0.214 e. The van der Waals surface area contributed by atoms with Gasteiger partial charge in [0, 0.05) is 12.6 Å². The minimum Gasteiger partial charge on any atom is -0.395 e. The number of rotatable bonds is 6. The topological polar surface area (TPSA) is 57.6 Å². The fraction of sp³-hybridized carbons (Fsp3) is 1.00. The van der Waals surface area contributed by atoms with Crippen molar-refractivity contribution in [3.8, 4) is 0 Å². The summed E-state index contributed by atoms with van der Waals surface area (Å²) < 4.78 is 25.6. The summed E-state index contributed by atoms with van der Waals surface area (Å²) in [5.74, 6) is 0.665. The fourth-order valence-electron chi connectivity index (χ4n) is 2.06. The lowest BCUT2D eigenvalue weighted by Gasteiger charge is -2.28. The molecule has 4 nitrogen and oxygen atoms in total. The van der Waals surface area contributed by atoms with E-state index in [4.69, 9.17) is 5.11 Å². The normalized spacial score (nSPS) is 23.1. The summed E-state index contributed by atoms with van der Waals surface area (Å²) in [5, 5.41) is 8.88. The van der Waals surface area contributed by atoms with Gasteiger partial charge < -0.3 is 5.11 Å². The zero-order valence-electron chi connectivity index (χ0n) is 8.93. The second kappa shape index (κ2) is 4.39. The number of aliphatic hydroxyl groups excluding tert-OH is 1. The molecule has 0 spiro atoms. The van der Waals surface area contributed by atoms with Gasteiger partial charge in [0.2, 0.25) is 10.0 Å². The van der Waals surface area contributed by atoms with E-state index in [0.29, 0.717) is 11.7 Å². The van der Waals surface area contributed by atoms with Crippen molar-refractivity contribution in [2.75, 3.05) is 18.9 Å². The molecule has 88 valence electrons. The van der Waals surface area contributed by atoms with Crippen molar-refractivity contribution >= 4 is 10.0 Å². The van der Waals surface area contributed by atoms with Crippen LogP contribution in [0.1, 0.15) is 32.1 Å². The van der Waals surface area contributed by atoms with E-state index in [9.17, 15) is 8.42 Å². The molecule has 0 bridgehead atoms. The molecule has 0 atom stereocenters. The second-order valence-corrected chi connectivity index (χ2v) is 6.61. The van der Waals surface area contributed by atoms with Gasteiger partial charge in [-0.3, -0.25) is 0 Å². The maximum atomic E-state index is 12.0. The second-order valence-electron chi connectivity index (χ2n) is 4.64. The van der Waals surface area contributed by atoms with E-state index in [1.54, 1.807) is 0 Å². The predicted molar refractivity (Wildman–Crippen MR) is 57.9 cm³/mol. The highest BCUT2D eigenvalue weighted by Gasteiger charge is 2.38. The van der Waals surface area contributed by atoms with Gasteiger partial charge in [0.15, 0.2) is 0 Å². The Balaban J connectivity index is 1.96. The minimum atomic E-state index is -3.11. The largest absolute Gasteiger partial charge is 0.395 e. The van der Waals surface area contributed by atoms with Gasteiger partial charge in [0.1, 0.15) is 0 Å². The Morgan fingerprint density at radius 1 is 1.20 bits per heavy atom. The van der Waals surface area contributed by atoms with Crippen LogP contribution in [-0.2, 0) is 10.0 Å². The third-order valence-electron chi connectivity index (χ3n) is 3.30. The van der Waals surface area contributed by atoms with Crippen LogP contribution in [0.15, 0.2) is 0 Å². The van der Waals surface area contributed by atoms with Gasteiger partial charge in [-0.1, -0.05) is 6.42 Å². The molecule has 2 saturated carbocycles. The Kier molecular flexibility index (Phi) is 3.33. The summed E-state index contributed by atoms with van der Waals surface area (Å²) in [6, 6.07) is 0.183. The standard InChI is InChI=1S/C10H19NO3S/c12-7-6-11(10-4-5-10)15(13,14)8-9-2-1-3-9/h9-10,12H,1-8H2. The summed E-state index contributed by atoms with van der Waals surface area (Å²) in [6.07, 6.45) is 5.20. The first-order valence-electron chi connectivity index (χ1n) is 5.74. The van der Waals surface area contributed by atoms with E-state index >= 15 is 0 Å². The van der Waals surface area contributed by atoms with Crippen LogP contribution >= 0.6 is 0 Å². The zero-order chi connectivity index (χ0) is 10.9. The summed E-state index contributed by atoms with van der Waals surface area (Å²) in [6.45, 7) is 0.208. The molecule has 2 aliphatic rings. The Bertz CT molecular complexity index is 307. The number of nitrogens with zero attached hydrogens (tertiary/aromatic N) is 1. The van der Waals surface area contributed by atoms with Crippen LogP contribution in [-0.4, -0.2) is 42.8 Å². The van der Waals surface area contributed by atoms with Crippen molar-refractivity contribution in [1.82, 2.24) is 4.31 Å². The first kappa shape index (κ1) is 11.4. The molecule has 0 saturated heterocycles. The maximum absolute atomic E-state index is 12.0. The molecular formula is C10H19NO3S. The van der Waals surface area contributed by atoms with Gasteiger partial charge in [-0.05, 0) is 31.6 Å². The minimum absolute atomic E-state index is 0.0691. The lowest BCUT2D eigenvalue weighted by Crippen LogP contribution is -2.39. The number of sulfonamides is 1. The van der Waals surface area contributed by atoms with Gasteiger partial charge in [0.25, 0.3) is 0 Å². The highest BCUT2D eigenvalue weighted by molar-refractivity contribution is 7.89. The van der Waals surface area contributed by atoms with Crippen molar-refractivity contribution in [3.05, 3.63) is 0 Å². The van der Waals surface area contributed by atoms with Gasteiger partial charge in [0.05, 0.1) is 12.4 Å². The average molecular weight is 233 g/mol. The molecule has 0 aromatic rings. The van der Waals surface area contributed by atoms with Crippen molar-refractivity contribution in [2.45, 2.75) is 38.1 Å². The van der Waals surface area contributed by atoms with Crippen LogP contribution < -0.4 is 0 Å². The van der Waals surface area contributed by atoms with Crippen molar-refractivity contribution < 1.29 is 13.5 Å². The van der Waals surface area contributed by atoms with Gasteiger partial charge in [-0.25, -0.2) is 8.42 Å². The van der Waals surface area contributed by atoms with E-state index in [2.05, 4.69) is 0 Å². The molecule has 1 N–H and O–H groups in total. The van der Waals surface area contributed by atoms with E-state index in [0.717, 1.165) is 25.7 Å². The predicted octanol–water partition coefficient (Wildman–Crippen LogP) is 0.573. The molecule has 0 radical (unpaired) electrons. The highest BCUT2D eigenvalue weighted by atomic mass is 32.2. The summed E-state index contributed by atoms with van der Waals surface area (Å²) >= 11 is 0. The Hall–Kier alpha value is -0.130. The third-order valence-corrected chi connectivity index (χ3v) is 5.39. The summed E-state index contributed by atoms with van der Waals surface area (Å²) in [4.78, 5) is 0. The van der Waals surface area contributed by atoms with Crippen LogP contribution in [0.4, 0.5) is 0 Å². The molecule has 15 heavy (non-hydrogen) atoms. The summed E-state index contributed by atoms with van der Waals surface area (Å²) in [5.41, 5.74) is 0. The van der Waals surface area contributed by atoms with Crippen LogP contribution in [0, 0.1) is 5.92 Å².